The third kappa shape index (κ3) is 4.35. The molecule has 0 fully saturated rings. The van der Waals surface area contributed by atoms with Gasteiger partial charge in [-0.15, -0.1) is 0 Å². The number of aromatic nitrogens is 1. The Labute approximate surface area is 173 Å². The topological polar surface area (TPSA) is 88.5 Å². The first kappa shape index (κ1) is 21.1. The number of amides is 1. The maximum absolute atomic E-state index is 12.8. The molecule has 1 atom stereocenters. The van der Waals surface area contributed by atoms with Gasteiger partial charge in [0.1, 0.15) is 6.04 Å². The van der Waals surface area contributed by atoms with E-state index in [2.05, 4.69) is 5.32 Å². The Morgan fingerprint density at radius 1 is 1.21 bits per heavy atom. The molecule has 1 amide bonds. The average Bonchev–Trinajstić information content (AvgIpc) is 2.96. The Balaban J connectivity index is 1.89. The molecule has 1 aromatic heterocycles. The van der Waals surface area contributed by atoms with E-state index >= 15 is 0 Å². The van der Waals surface area contributed by atoms with Crippen LogP contribution in [0.15, 0.2) is 47.3 Å². The molecule has 0 aliphatic rings. The van der Waals surface area contributed by atoms with E-state index in [9.17, 15) is 18.0 Å². The number of anilines is 2. The van der Waals surface area contributed by atoms with Crippen molar-refractivity contribution in [1.82, 2.24) is 4.57 Å². The van der Waals surface area contributed by atoms with Gasteiger partial charge < -0.3 is 5.32 Å². The quantitative estimate of drug-likeness (QED) is 0.647. The van der Waals surface area contributed by atoms with Crippen molar-refractivity contribution in [3.05, 3.63) is 57.7 Å². The van der Waals surface area contributed by atoms with Gasteiger partial charge in [0.2, 0.25) is 15.9 Å². The number of nitrogens with zero attached hydrogens (tertiary/aromatic N) is 2. The first-order chi connectivity index (χ1) is 13.6. The molecule has 0 aliphatic carbocycles. The Kier molecular flexibility index (Phi) is 5.81. The molecule has 3 rings (SSSR count). The van der Waals surface area contributed by atoms with Gasteiger partial charge in [-0.05, 0) is 51.1 Å². The number of carbonyl (C=O) groups is 1. The summed E-state index contributed by atoms with van der Waals surface area (Å²) in [5.41, 5.74) is 2.74. The van der Waals surface area contributed by atoms with Crippen molar-refractivity contribution in [3.63, 3.8) is 0 Å². The van der Waals surface area contributed by atoms with Crippen LogP contribution >= 0.6 is 11.3 Å². The summed E-state index contributed by atoms with van der Waals surface area (Å²) in [6.07, 6.45) is 1.08. The fraction of sp³-hybridized carbons (Fsp3) is 0.300. The molecule has 0 saturated heterocycles. The van der Waals surface area contributed by atoms with Crippen LogP contribution in [0.3, 0.4) is 0 Å². The van der Waals surface area contributed by atoms with E-state index in [0.29, 0.717) is 17.9 Å². The molecule has 0 radical (unpaired) electrons. The van der Waals surface area contributed by atoms with Crippen LogP contribution in [0.25, 0.3) is 10.2 Å². The summed E-state index contributed by atoms with van der Waals surface area (Å²) in [6, 6.07) is 11.2. The molecule has 9 heteroatoms. The predicted octanol–water partition coefficient (Wildman–Crippen LogP) is 3.18. The second kappa shape index (κ2) is 8.00. The number of hydrogen-bond acceptors (Lipinski definition) is 5. The second-order valence-electron chi connectivity index (χ2n) is 6.85. The average molecular weight is 434 g/mol. The van der Waals surface area contributed by atoms with Crippen LogP contribution in [0.1, 0.15) is 19.4 Å². The molecular formula is C20H23N3O4S2. The molecule has 1 N–H and O–H groups in total. The lowest BCUT2D eigenvalue weighted by Crippen LogP contribution is -2.45. The predicted molar refractivity (Wildman–Crippen MR) is 118 cm³/mol. The zero-order valence-corrected chi connectivity index (χ0v) is 18.3. The lowest BCUT2D eigenvalue weighted by molar-refractivity contribution is -0.116. The largest absolute Gasteiger partial charge is 0.324 e. The van der Waals surface area contributed by atoms with Crippen molar-refractivity contribution in [2.45, 2.75) is 33.4 Å². The number of carbonyl (C=O) groups excluding carboxylic acids is 1. The van der Waals surface area contributed by atoms with Crippen molar-refractivity contribution in [2.75, 3.05) is 15.9 Å². The van der Waals surface area contributed by atoms with Gasteiger partial charge >= 0.3 is 4.87 Å². The first-order valence-electron chi connectivity index (χ1n) is 9.12. The summed E-state index contributed by atoms with van der Waals surface area (Å²) in [5, 5.41) is 2.76. The van der Waals surface area contributed by atoms with Crippen LogP contribution in [-0.2, 0) is 21.4 Å². The molecule has 7 nitrogen and oxygen atoms in total. The van der Waals surface area contributed by atoms with E-state index in [1.54, 1.807) is 54.0 Å². The minimum atomic E-state index is -3.68. The van der Waals surface area contributed by atoms with Gasteiger partial charge in [-0.1, -0.05) is 29.0 Å². The van der Waals surface area contributed by atoms with Crippen molar-refractivity contribution in [1.29, 1.82) is 0 Å². The van der Waals surface area contributed by atoms with Gasteiger partial charge in [0.25, 0.3) is 0 Å². The third-order valence-electron chi connectivity index (χ3n) is 4.63. The van der Waals surface area contributed by atoms with Crippen LogP contribution in [0.2, 0.25) is 0 Å². The summed E-state index contributed by atoms with van der Waals surface area (Å²) < 4.78 is 28.3. The van der Waals surface area contributed by atoms with Crippen molar-refractivity contribution < 1.29 is 13.2 Å². The first-order valence-corrected chi connectivity index (χ1v) is 11.8. The molecule has 0 saturated carbocycles. The van der Waals surface area contributed by atoms with Crippen LogP contribution in [0.5, 0.6) is 0 Å². The molecule has 29 heavy (non-hydrogen) atoms. The maximum atomic E-state index is 12.8. The van der Waals surface area contributed by atoms with E-state index < -0.39 is 22.0 Å². The molecule has 154 valence electrons. The molecule has 0 aliphatic heterocycles. The highest BCUT2D eigenvalue weighted by Crippen LogP contribution is 2.24. The number of thiazole rings is 1. The zero-order valence-electron chi connectivity index (χ0n) is 16.7. The number of rotatable bonds is 6. The number of aryl methyl sites for hydroxylation is 2. The summed E-state index contributed by atoms with van der Waals surface area (Å²) >= 11 is 1.11. The van der Waals surface area contributed by atoms with E-state index in [1.807, 2.05) is 13.8 Å². The summed E-state index contributed by atoms with van der Waals surface area (Å²) in [5.74, 6) is -0.461. The van der Waals surface area contributed by atoms with Crippen molar-refractivity contribution >= 4 is 48.9 Å². The van der Waals surface area contributed by atoms with Crippen LogP contribution in [-0.4, -0.2) is 31.2 Å². The highest BCUT2D eigenvalue weighted by atomic mass is 32.2. The van der Waals surface area contributed by atoms with Gasteiger partial charge in [0.05, 0.1) is 22.2 Å². The van der Waals surface area contributed by atoms with E-state index in [-0.39, 0.29) is 4.87 Å². The van der Waals surface area contributed by atoms with Crippen LogP contribution in [0, 0.1) is 6.92 Å². The highest BCUT2D eigenvalue weighted by molar-refractivity contribution is 7.92. The number of benzene rings is 2. The number of nitrogens with one attached hydrogen (secondary N) is 1. The van der Waals surface area contributed by atoms with Gasteiger partial charge in [-0.2, -0.15) is 0 Å². The number of fused-ring (bicyclic) bond motifs is 1. The SMILES string of the molecule is CCn1c(=O)sc2cc(NC(=O)C(C)N(c3ccc(C)cc3)S(C)(=O)=O)ccc21. The number of sulfonamides is 1. The fourth-order valence-corrected chi connectivity index (χ4v) is 5.36. The third-order valence-corrected chi connectivity index (χ3v) is 6.81. The maximum Gasteiger partial charge on any atom is 0.308 e. The molecule has 3 aromatic rings. The summed E-state index contributed by atoms with van der Waals surface area (Å²) in [7, 11) is -3.68. The van der Waals surface area contributed by atoms with Gasteiger partial charge in [0, 0.05) is 12.2 Å². The Bertz CT molecular complexity index is 1210. The van der Waals surface area contributed by atoms with Crippen molar-refractivity contribution in [3.8, 4) is 0 Å². The standard InChI is InChI=1S/C20H23N3O4S2/c1-5-22-17-11-8-15(12-18(17)28-20(22)25)21-19(24)14(3)23(29(4,26)27)16-9-6-13(2)7-10-16/h6-12,14H,5H2,1-4H3,(H,21,24). The lowest BCUT2D eigenvalue weighted by atomic mass is 10.2. The molecule has 0 spiro atoms. The Hall–Kier alpha value is -2.65. The molecule has 2 aromatic carbocycles. The summed E-state index contributed by atoms with van der Waals surface area (Å²) in [6.45, 7) is 5.92. The van der Waals surface area contributed by atoms with Crippen LogP contribution in [0.4, 0.5) is 11.4 Å². The minimum Gasteiger partial charge on any atom is -0.324 e. The van der Waals surface area contributed by atoms with Gasteiger partial charge in [-0.3, -0.25) is 18.5 Å². The van der Waals surface area contributed by atoms with E-state index in [0.717, 1.165) is 37.7 Å². The molecular weight excluding hydrogens is 410 g/mol. The molecule has 0 bridgehead atoms. The fourth-order valence-electron chi connectivity index (χ4n) is 3.19. The van der Waals surface area contributed by atoms with Crippen LogP contribution < -0.4 is 14.5 Å². The smallest absolute Gasteiger partial charge is 0.308 e. The Morgan fingerprint density at radius 2 is 1.86 bits per heavy atom. The van der Waals surface area contributed by atoms with E-state index in [1.165, 1.54) is 0 Å². The van der Waals surface area contributed by atoms with Gasteiger partial charge in [0.15, 0.2) is 0 Å². The highest BCUT2D eigenvalue weighted by Gasteiger charge is 2.29. The normalized spacial score (nSPS) is 12.7. The molecule has 1 unspecified atom stereocenters. The minimum absolute atomic E-state index is 0.0537. The monoisotopic (exact) mass is 433 g/mol. The summed E-state index contributed by atoms with van der Waals surface area (Å²) in [4.78, 5) is 24.8. The molecule has 1 heterocycles. The zero-order chi connectivity index (χ0) is 21.3. The van der Waals surface area contributed by atoms with E-state index in [4.69, 9.17) is 0 Å². The Morgan fingerprint density at radius 3 is 2.45 bits per heavy atom. The number of hydrogen-bond donors (Lipinski definition) is 1. The second-order valence-corrected chi connectivity index (χ2v) is 9.71. The van der Waals surface area contributed by atoms with Crippen molar-refractivity contribution in [2.24, 2.45) is 0 Å². The van der Waals surface area contributed by atoms with Gasteiger partial charge in [-0.25, -0.2) is 8.42 Å². The lowest BCUT2D eigenvalue weighted by Gasteiger charge is -2.28.